The van der Waals surface area contributed by atoms with Crippen molar-refractivity contribution in [2.45, 2.75) is 38.1 Å². The first-order chi connectivity index (χ1) is 8.19. The van der Waals surface area contributed by atoms with E-state index in [0.717, 1.165) is 24.1 Å². The molecule has 1 saturated carbocycles. The fourth-order valence-electron chi connectivity index (χ4n) is 2.58. The Morgan fingerprint density at radius 1 is 1.41 bits per heavy atom. The van der Waals surface area contributed by atoms with E-state index in [0.29, 0.717) is 12.1 Å². The molecule has 0 aliphatic heterocycles. The highest BCUT2D eigenvalue weighted by Gasteiger charge is 2.32. The van der Waals surface area contributed by atoms with Crippen molar-refractivity contribution in [1.82, 2.24) is 0 Å². The second kappa shape index (κ2) is 4.77. The smallest absolute Gasteiger partial charge is 0.101 e. The number of rotatable bonds is 3. The van der Waals surface area contributed by atoms with E-state index < -0.39 is 0 Å². The van der Waals surface area contributed by atoms with E-state index in [4.69, 9.17) is 11.0 Å². The first-order valence-electron chi connectivity index (χ1n) is 6.18. The minimum atomic E-state index is 0.000851. The van der Waals surface area contributed by atoms with Gasteiger partial charge in [-0.05, 0) is 37.5 Å². The summed E-state index contributed by atoms with van der Waals surface area (Å²) in [4.78, 5) is 0. The molecule has 1 aliphatic carbocycles. The van der Waals surface area contributed by atoms with Gasteiger partial charge in [-0.1, -0.05) is 18.9 Å². The predicted molar refractivity (Wildman–Crippen MR) is 69.8 cm³/mol. The number of benzene rings is 1. The van der Waals surface area contributed by atoms with Crippen molar-refractivity contribution < 1.29 is 0 Å². The summed E-state index contributed by atoms with van der Waals surface area (Å²) >= 11 is 0. The topological polar surface area (TPSA) is 61.8 Å². The van der Waals surface area contributed by atoms with Crippen molar-refractivity contribution in [3.8, 4) is 6.07 Å². The lowest BCUT2D eigenvalue weighted by atomic mass is 9.96. The van der Waals surface area contributed by atoms with Crippen LogP contribution in [-0.4, -0.2) is 12.1 Å². The predicted octanol–water partition coefficient (Wildman–Crippen LogP) is 2.55. The molecule has 0 bridgehead atoms. The Balaban J connectivity index is 2.26. The number of anilines is 1. The Kier molecular flexibility index (Phi) is 3.35. The van der Waals surface area contributed by atoms with Gasteiger partial charge >= 0.3 is 0 Å². The van der Waals surface area contributed by atoms with Gasteiger partial charge in [-0.25, -0.2) is 0 Å². The first kappa shape index (κ1) is 11.9. The summed E-state index contributed by atoms with van der Waals surface area (Å²) in [5.41, 5.74) is 8.64. The van der Waals surface area contributed by atoms with Crippen LogP contribution in [0.5, 0.6) is 0 Å². The van der Waals surface area contributed by atoms with E-state index in [-0.39, 0.29) is 5.54 Å². The van der Waals surface area contributed by atoms with Gasteiger partial charge in [0.2, 0.25) is 0 Å². The number of nitrogens with one attached hydrogen (secondary N) is 1. The third kappa shape index (κ3) is 2.42. The third-order valence-corrected chi connectivity index (χ3v) is 3.65. The maximum absolute atomic E-state index is 9.15. The zero-order chi connectivity index (χ0) is 12.3. The minimum absolute atomic E-state index is 0.000851. The normalized spacial score (nSPS) is 17.7. The number of nitrogens with two attached hydrogens (primary N) is 1. The fourth-order valence-corrected chi connectivity index (χ4v) is 2.58. The molecule has 0 spiro atoms. The van der Waals surface area contributed by atoms with Gasteiger partial charge in [0.25, 0.3) is 0 Å². The van der Waals surface area contributed by atoms with Crippen LogP contribution < -0.4 is 11.1 Å². The summed E-state index contributed by atoms with van der Waals surface area (Å²) in [5, 5.41) is 12.7. The number of hydrogen-bond donors (Lipinski definition) is 2. The maximum atomic E-state index is 9.15. The van der Waals surface area contributed by atoms with Gasteiger partial charge in [0, 0.05) is 12.1 Å². The van der Waals surface area contributed by atoms with E-state index in [1.807, 2.05) is 25.1 Å². The molecule has 17 heavy (non-hydrogen) atoms. The van der Waals surface area contributed by atoms with E-state index in [1.54, 1.807) is 0 Å². The van der Waals surface area contributed by atoms with E-state index in [9.17, 15) is 0 Å². The van der Waals surface area contributed by atoms with Crippen molar-refractivity contribution in [3.05, 3.63) is 29.3 Å². The fraction of sp³-hybridized carbons (Fsp3) is 0.500. The molecule has 1 fully saturated rings. The van der Waals surface area contributed by atoms with E-state index in [1.165, 1.54) is 12.8 Å². The molecular weight excluding hydrogens is 210 g/mol. The van der Waals surface area contributed by atoms with Crippen molar-refractivity contribution >= 4 is 5.69 Å². The molecule has 0 heterocycles. The summed E-state index contributed by atoms with van der Waals surface area (Å²) in [7, 11) is 0. The molecule has 1 aromatic rings. The molecular formula is C14H19N3. The lowest BCUT2D eigenvalue weighted by molar-refractivity contribution is 0.493. The maximum Gasteiger partial charge on any atom is 0.101 e. The molecule has 0 atom stereocenters. The summed E-state index contributed by atoms with van der Waals surface area (Å²) < 4.78 is 0. The molecule has 0 unspecified atom stereocenters. The van der Waals surface area contributed by atoms with Crippen LogP contribution in [0.4, 0.5) is 5.69 Å². The Bertz CT molecular complexity index is 439. The molecule has 0 amide bonds. The lowest BCUT2D eigenvalue weighted by Crippen LogP contribution is -2.42. The molecule has 3 N–H and O–H groups in total. The monoisotopic (exact) mass is 229 g/mol. The SMILES string of the molecule is Cc1ccc(NC2(CN)CCCC2)c(C#N)c1. The van der Waals surface area contributed by atoms with Gasteiger partial charge in [0.15, 0.2) is 0 Å². The van der Waals surface area contributed by atoms with Crippen LogP contribution in [-0.2, 0) is 0 Å². The van der Waals surface area contributed by atoms with Crippen molar-refractivity contribution in [2.24, 2.45) is 5.73 Å². The van der Waals surface area contributed by atoms with Crippen LogP contribution in [0, 0.1) is 18.3 Å². The number of aryl methyl sites for hydroxylation is 1. The minimum Gasteiger partial charge on any atom is -0.377 e. The molecule has 2 rings (SSSR count). The van der Waals surface area contributed by atoms with Gasteiger partial charge in [0.05, 0.1) is 11.3 Å². The highest BCUT2D eigenvalue weighted by Crippen LogP contribution is 2.33. The second-order valence-corrected chi connectivity index (χ2v) is 4.98. The summed E-state index contributed by atoms with van der Waals surface area (Å²) in [6, 6.07) is 8.19. The van der Waals surface area contributed by atoms with Crippen molar-refractivity contribution in [2.75, 3.05) is 11.9 Å². The summed E-state index contributed by atoms with van der Waals surface area (Å²) in [5.74, 6) is 0. The van der Waals surface area contributed by atoms with Gasteiger partial charge in [0.1, 0.15) is 6.07 Å². The molecule has 1 aromatic carbocycles. The number of nitriles is 1. The van der Waals surface area contributed by atoms with Gasteiger partial charge < -0.3 is 11.1 Å². The van der Waals surface area contributed by atoms with Gasteiger partial charge in [-0.15, -0.1) is 0 Å². The summed E-state index contributed by atoms with van der Waals surface area (Å²) in [6.07, 6.45) is 4.64. The third-order valence-electron chi connectivity index (χ3n) is 3.65. The average Bonchev–Trinajstić information content (AvgIpc) is 2.81. The zero-order valence-electron chi connectivity index (χ0n) is 10.3. The molecule has 3 nitrogen and oxygen atoms in total. The highest BCUT2D eigenvalue weighted by atomic mass is 15.0. The van der Waals surface area contributed by atoms with E-state index in [2.05, 4.69) is 11.4 Å². The number of hydrogen-bond acceptors (Lipinski definition) is 3. The Morgan fingerprint density at radius 2 is 2.12 bits per heavy atom. The zero-order valence-corrected chi connectivity index (χ0v) is 10.3. The van der Waals surface area contributed by atoms with E-state index >= 15 is 0 Å². The van der Waals surface area contributed by atoms with Crippen LogP contribution >= 0.6 is 0 Å². The van der Waals surface area contributed by atoms with Crippen LogP contribution in [0.3, 0.4) is 0 Å². The highest BCUT2D eigenvalue weighted by molar-refractivity contribution is 5.60. The Morgan fingerprint density at radius 3 is 2.71 bits per heavy atom. The van der Waals surface area contributed by atoms with Crippen molar-refractivity contribution in [3.63, 3.8) is 0 Å². The molecule has 0 radical (unpaired) electrons. The molecule has 1 aliphatic rings. The van der Waals surface area contributed by atoms with Crippen LogP contribution in [0.15, 0.2) is 18.2 Å². The largest absolute Gasteiger partial charge is 0.377 e. The number of nitrogens with zero attached hydrogens (tertiary/aromatic N) is 1. The quantitative estimate of drug-likeness (QED) is 0.837. The van der Waals surface area contributed by atoms with Crippen LogP contribution in [0.25, 0.3) is 0 Å². The van der Waals surface area contributed by atoms with Gasteiger partial charge in [-0.2, -0.15) is 5.26 Å². The average molecular weight is 229 g/mol. The van der Waals surface area contributed by atoms with Crippen LogP contribution in [0.1, 0.15) is 36.8 Å². The molecule has 0 saturated heterocycles. The molecule has 3 heteroatoms. The molecule has 0 aromatic heterocycles. The Labute approximate surface area is 103 Å². The molecule has 90 valence electrons. The summed E-state index contributed by atoms with van der Waals surface area (Å²) in [6.45, 7) is 2.63. The lowest BCUT2D eigenvalue weighted by Gasteiger charge is -2.30. The second-order valence-electron chi connectivity index (χ2n) is 4.98. The first-order valence-corrected chi connectivity index (χ1v) is 6.18. The van der Waals surface area contributed by atoms with Gasteiger partial charge in [-0.3, -0.25) is 0 Å². The standard InChI is InChI=1S/C14H19N3/c1-11-4-5-13(12(8-11)9-15)17-14(10-16)6-2-3-7-14/h4-5,8,17H,2-3,6-7,10,16H2,1H3. The van der Waals surface area contributed by atoms with Crippen molar-refractivity contribution in [1.29, 1.82) is 5.26 Å². The Hall–Kier alpha value is -1.53. The van der Waals surface area contributed by atoms with Crippen LogP contribution in [0.2, 0.25) is 0 Å².